The van der Waals surface area contributed by atoms with Crippen molar-refractivity contribution in [2.45, 2.75) is 31.3 Å². The van der Waals surface area contributed by atoms with E-state index in [-0.39, 0.29) is 5.78 Å². The molecule has 5 rings (SSSR count). The molecule has 1 spiro atoms. The minimum Gasteiger partial charge on any atom is -0.486 e. The molecule has 0 saturated carbocycles. The second-order valence-corrected chi connectivity index (χ2v) is 11.0. The second-order valence-electron chi connectivity index (χ2n) is 9.24. The molecule has 0 amide bonds. The van der Waals surface area contributed by atoms with Crippen LogP contribution in [0.2, 0.25) is 0 Å². The zero-order valence-electron chi connectivity index (χ0n) is 18.9. The number of anilines is 1. The highest BCUT2D eigenvalue weighted by molar-refractivity contribution is 7.92. The Morgan fingerprint density at radius 1 is 1.15 bits per heavy atom. The van der Waals surface area contributed by atoms with Crippen molar-refractivity contribution < 1.29 is 17.9 Å². The van der Waals surface area contributed by atoms with E-state index < -0.39 is 15.6 Å². The topological polar surface area (TPSA) is 93.5 Å². The monoisotopic (exact) mass is 468 g/mol. The summed E-state index contributed by atoms with van der Waals surface area (Å²) in [6.07, 6.45) is 5.79. The molecule has 33 heavy (non-hydrogen) atoms. The van der Waals surface area contributed by atoms with Crippen LogP contribution in [0.3, 0.4) is 0 Å². The lowest BCUT2D eigenvalue weighted by atomic mass is 9.82. The number of hydrogen-bond acceptors (Lipinski definition) is 6. The van der Waals surface area contributed by atoms with Gasteiger partial charge in [0.2, 0.25) is 10.0 Å². The minimum atomic E-state index is -3.40. The number of nitrogens with zero attached hydrogens (tertiary/aromatic N) is 3. The van der Waals surface area contributed by atoms with Crippen molar-refractivity contribution >= 4 is 32.5 Å². The van der Waals surface area contributed by atoms with Crippen molar-refractivity contribution in [2.24, 2.45) is 7.05 Å². The molecule has 1 saturated heterocycles. The highest BCUT2D eigenvalue weighted by Gasteiger charge is 2.42. The first-order valence-corrected chi connectivity index (χ1v) is 13.1. The number of carbonyl (C=O) groups is 1. The van der Waals surface area contributed by atoms with Crippen LogP contribution < -0.4 is 9.46 Å². The van der Waals surface area contributed by atoms with E-state index in [2.05, 4.69) is 32.8 Å². The number of ketones is 1. The number of aromatic nitrogens is 2. The lowest BCUT2D eigenvalue weighted by Gasteiger charge is -2.44. The van der Waals surface area contributed by atoms with Gasteiger partial charge in [-0.05, 0) is 42.3 Å². The first kappa shape index (κ1) is 21.9. The molecule has 2 aliphatic heterocycles. The predicted octanol–water partition coefficient (Wildman–Crippen LogP) is 2.99. The van der Waals surface area contributed by atoms with Gasteiger partial charge in [-0.25, -0.2) is 13.4 Å². The van der Waals surface area contributed by atoms with Crippen LogP contribution in [0.4, 0.5) is 5.69 Å². The van der Waals surface area contributed by atoms with Crippen LogP contribution >= 0.6 is 0 Å². The standard InChI is InChI=1S/C24H28N4O4S/c1-27-16-25-20-13-17(3-5-21(20)27)7-10-28-11-8-24(9-12-28)15-22(29)19-14-18(26-33(2,30)31)4-6-23(19)32-24/h3-6,13-14,16,26H,7-12,15H2,1-2H3. The quantitative estimate of drug-likeness (QED) is 0.619. The van der Waals surface area contributed by atoms with E-state index >= 15 is 0 Å². The Morgan fingerprint density at radius 3 is 2.70 bits per heavy atom. The van der Waals surface area contributed by atoms with Gasteiger partial charge in [0.1, 0.15) is 11.4 Å². The maximum atomic E-state index is 12.9. The van der Waals surface area contributed by atoms with Crippen molar-refractivity contribution in [1.82, 2.24) is 14.5 Å². The van der Waals surface area contributed by atoms with Gasteiger partial charge in [0.15, 0.2) is 5.78 Å². The highest BCUT2D eigenvalue weighted by Crippen LogP contribution is 2.40. The molecule has 2 aromatic carbocycles. The third kappa shape index (κ3) is 4.60. The van der Waals surface area contributed by atoms with E-state index in [0.29, 0.717) is 23.4 Å². The van der Waals surface area contributed by atoms with Gasteiger partial charge in [-0.3, -0.25) is 9.52 Å². The molecular formula is C24H28N4O4S. The molecule has 1 aromatic heterocycles. The maximum Gasteiger partial charge on any atom is 0.229 e. The fourth-order valence-electron chi connectivity index (χ4n) is 4.86. The number of hydrogen-bond donors (Lipinski definition) is 1. The zero-order valence-corrected chi connectivity index (χ0v) is 19.7. The average Bonchev–Trinajstić information content (AvgIpc) is 3.13. The van der Waals surface area contributed by atoms with Gasteiger partial charge in [-0.1, -0.05) is 6.07 Å². The summed E-state index contributed by atoms with van der Waals surface area (Å²) < 4.78 is 33.8. The summed E-state index contributed by atoms with van der Waals surface area (Å²) in [5.74, 6) is 0.549. The number of piperidine rings is 1. The normalized spacial score (nSPS) is 18.3. The van der Waals surface area contributed by atoms with E-state index in [1.165, 1.54) is 5.56 Å². The van der Waals surface area contributed by atoms with E-state index in [9.17, 15) is 13.2 Å². The van der Waals surface area contributed by atoms with Gasteiger partial charge in [-0.2, -0.15) is 0 Å². The summed E-state index contributed by atoms with van der Waals surface area (Å²) in [5, 5.41) is 0. The van der Waals surface area contributed by atoms with Crippen LogP contribution in [0.1, 0.15) is 35.2 Å². The first-order valence-electron chi connectivity index (χ1n) is 11.2. The SMILES string of the molecule is Cn1cnc2cc(CCN3CCC4(CC3)CC(=O)c3cc(NS(C)(=O)=O)ccc3O4)ccc21. The van der Waals surface area contributed by atoms with Gasteiger partial charge < -0.3 is 14.2 Å². The average molecular weight is 469 g/mol. The molecule has 0 radical (unpaired) electrons. The molecule has 8 nitrogen and oxygen atoms in total. The Morgan fingerprint density at radius 2 is 1.94 bits per heavy atom. The Kier molecular flexibility index (Phi) is 5.41. The van der Waals surface area contributed by atoms with Crippen molar-refractivity contribution in [3.63, 3.8) is 0 Å². The third-order valence-corrected chi connectivity index (χ3v) is 7.27. The smallest absolute Gasteiger partial charge is 0.229 e. The number of rotatable bonds is 5. The van der Waals surface area contributed by atoms with Gasteiger partial charge in [0.05, 0.1) is 35.6 Å². The number of sulfonamides is 1. The number of Topliss-reactive ketones (excluding diaryl/α,β-unsaturated/α-hetero) is 1. The number of aryl methyl sites for hydroxylation is 1. The molecule has 0 unspecified atom stereocenters. The first-order chi connectivity index (χ1) is 15.7. The number of benzene rings is 2. The van der Waals surface area contributed by atoms with Crippen LogP contribution in [0, 0.1) is 0 Å². The maximum absolute atomic E-state index is 12.9. The number of nitrogens with one attached hydrogen (secondary N) is 1. The largest absolute Gasteiger partial charge is 0.486 e. The van der Waals surface area contributed by atoms with Crippen LogP contribution in [0.5, 0.6) is 5.75 Å². The zero-order chi connectivity index (χ0) is 23.2. The summed E-state index contributed by atoms with van der Waals surface area (Å²) in [4.78, 5) is 19.8. The van der Waals surface area contributed by atoms with Crippen LogP contribution in [0.25, 0.3) is 11.0 Å². The van der Waals surface area contributed by atoms with E-state index in [0.717, 1.165) is 56.2 Å². The van der Waals surface area contributed by atoms with E-state index in [4.69, 9.17) is 4.74 Å². The fraction of sp³-hybridized carbons (Fsp3) is 0.417. The van der Waals surface area contributed by atoms with Crippen molar-refractivity contribution in [1.29, 1.82) is 0 Å². The Hall–Kier alpha value is -2.91. The van der Waals surface area contributed by atoms with Gasteiger partial charge in [-0.15, -0.1) is 0 Å². The molecule has 3 aromatic rings. The van der Waals surface area contributed by atoms with E-state index in [1.807, 2.05) is 17.9 Å². The fourth-order valence-corrected chi connectivity index (χ4v) is 5.41. The summed E-state index contributed by atoms with van der Waals surface area (Å²) in [6.45, 7) is 2.71. The minimum absolute atomic E-state index is 0.00511. The predicted molar refractivity (Wildman–Crippen MR) is 127 cm³/mol. The Labute approximate surface area is 193 Å². The lowest BCUT2D eigenvalue weighted by Crippen LogP contribution is -2.51. The Balaban J connectivity index is 1.21. The number of imidazole rings is 1. The van der Waals surface area contributed by atoms with E-state index in [1.54, 1.807) is 18.2 Å². The summed E-state index contributed by atoms with van der Waals surface area (Å²) in [6, 6.07) is 11.4. The molecule has 2 aliphatic rings. The van der Waals surface area contributed by atoms with Crippen molar-refractivity contribution in [2.75, 3.05) is 30.6 Å². The molecule has 1 N–H and O–H groups in total. The van der Waals surface area contributed by atoms with Gasteiger partial charge >= 0.3 is 0 Å². The third-order valence-electron chi connectivity index (χ3n) is 6.67. The molecule has 9 heteroatoms. The van der Waals surface area contributed by atoms with Crippen LogP contribution in [0.15, 0.2) is 42.7 Å². The molecule has 0 bridgehead atoms. The number of carbonyl (C=O) groups excluding carboxylic acids is 1. The summed E-state index contributed by atoms with van der Waals surface area (Å²) >= 11 is 0. The molecule has 0 aliphatic carbocycles. The number of fused-ring (bicyclic) bond motifs is 2. The van der Waals surface area contributed by atoms with Gasteiger partial charge in [0, 0.05) is 45.2 Å². The molecule has 1 fully saturated rings. The molecule has 174 valence electrons. The molecule has 0 atom stereocenters. The van der Waals surface area contributed by atoms with Crippen LogP contribution in [-0.4, -0.2) is 60.1 Å². The van der Waals surface area contributed by atoms with Crippen molar-refractivity contribution in [3.8, 4) is 5.75 Å². The second kappa shape index (κ2) is 8.14. The lowest BCUT2D eigenvalue weighted by molar-refractivity contribution is -0.00864. The number of ether oxygens (including phenoxy) is 1. The molecule has 3 heterocycles. The summed E-state index contributed by atoms with van der Waals surface area (Å²) in [5.41, 5.74) is 3.79. The highest BCUT2D eigenvalue weighted by atomic mass is 32.2. The molecular weight excluding hydrogens is 440 g/mol. The Bertz CT molecular complexity index is 1320. The number of likely N-dealkylation sites (tertiary alicyclic amines) is 1. The van der Waals surface area contributed by atoms with Gasteiger partial charge in [0.25, 0.3) is 0 Å². The van der Waals surface area contributed by atoms with Crippen molar-refractivity contribution in [3.05, 3.63) is 53.9 Å². The van der Waals surface area contributed by atoms with Crippen LogP contribution in [-0.2, 0) is 23.5 Å². The summed E-state index contributed by atoms with van der Waals surface area (Å²) in [7, 11) is -1.40.